The molecule has 2 aromatic heterocycles. The Morgan fingerprint density at radius 2 is 1.82 bits per heavy atom. The van der Waals surface area contributed by atoms with Gasteiger partial charge in [0, 0.05) is 30.9 Å². The number of rotatable bonds is 9. The summed E-state index contributed by atoms with van der Waals surface area (Å²) in [4.78, 5) is 23.5. The van der Waals surface area contributed by atoms with Crippen LogP contribution in [-0.2, 0) is 11.2 Å². The highest BCUT2D eigenvalue weighted by molar-refractivity contribution is 5.95. The predicted octanol–water partition coefficient (Wildman–Crippen LogP) is 4.61. The molecule has 0 aliphatic rings. The number of aromatic amines is 1. The standard InChI is InChI=1S/C25H27N7O2/c1-4-6-11-22-26-16-21(25(33)34-5-2)24(27-22)32(3)18-14-12-17(13-15-18)19-9-7-8-10-20(19)23-28-30-31-29-23/h7-10,12-16H,4-6,11H2,1-3H3,(H,28,29,30,31). The molecule has 9 heteroatoms. The number of nitrogens with zero attached hydrogens (tertiary/aromatic N) is 6. The van der Waals surface area contributed by atoms with E-state index in [9.17, 15) is 4.79 Å². The van der Waals surface area contributed by atoms with E-state index in [0.717, 1.165) is 41.6 Å². The molecule has 34 heavy (non-hydrogen) atoms. The minimum atomic E-state index is -0.433. The first-order valence-electron chi connectivity index (χ1n) is 11.3. The number of unbranched alkanes of at least 4 members (excludes halogenated alkanes) is 1. The van der Waals surface area contributed by atoms with Gasteiger partial charge in [-0.05, 0) is 41.8 Å². The molecule has 0 amide bonds. The molecule has 0 atom stereocenters. The number of carbonyl (C=O) groups is 1. The average Bonchev–Trinajstić information content (AvgIpc) is 3.42. The van der Waals surface area contributed by atoms with Crippen LogP contribution in [0.3, 0.4) is 0 Å². The fourth-order valence-corrected chi connectivity index (χ4v) is 3.66. The largest absolute Gasteiger partial charge is 0.462 e. The van der Waals surface area contributed by atoms with Gasteiger partial charge in [-0.3, -0.25) is 0 Å². The summed E-state index contributed by atoms with van der Waals surface area (Å²) in [7, 11) is 1.89. The van der Waals surface area contributed by atoms with Gasteiger partial charge >= 0.3 is 5.97 Å². The average molecular weight is 458 g/mol. The highest BCUT2D eigenvalue weighted by atomic mass is 16.5. The monoisotopic (exact) mass is 457 g/mol. The molecular weight excluding hydrogens is 430 g/mol. The number of aryl methyl sites for hydroxylation is 1. The number of anilines is 2. The first-order chi connectivity index (χ1) is 16.6. The highest BCUT2D eigenvalue weighted by Crippen LogP contribution is 2.32. The van der Waals surface area contributed by atoms with Crippen LogP contribution in [0.25, 0.3) is 22.5 Å². The minimum absolute atomic E-state index is 0.286. The fraction of sp³-hybridized carbons (Fsp3) is 0.280. The zero-order valence-corrected chi connectivity index (χ0v) is 19.5. The van der Waals surface area contributed by atoms with E-state index in [1.54, 1.807) is 13.1 Å². The first-order valence-corrected chi connectivity index (χ1v) is 11.3. The van der Waals surface area contributed by atoms with Crippen LogP contribution in [0.4, 0.5) is 11.5 Å². The number of H-pyrrole nitrogens is 1. The van der Waals surface area contributed by atoms with Crippen LogP contribution in [0, 0.1) is 0 Å². The van der Waals surface area contributed by atoms with Crippen molar-refractivity contribution in [3.05, 3.63) is 66.1 Å². The maximum absolute atomic E-state index is 12.6. The Bertz CT molecular complexity index is 1240. The first kappa shape index (κ1) is 23.0. The quantitative estimate of drug-likeness (QED) is 0.363. The third kappa shape index (κ3) is 4.93. The molecule has 0 aliphatic carbocycles. The maximum Gasteiger partial charge on any atom is 0.343 e. The normalized spacial score (nSPS) is 10.8. The van der Waals surface area contributed by atoms with Crippen LogP contribution >= 0.6 is 0 Å². The summed E-state index contributed by atoms with van der Waals surface area (Å²) in [6.07, 6.45) is 4.35. The SMILES string of the molecule is CCCCc1ncc(C(=O)OCC)c(N(C)c2ccc(-c3ccccc3-c3nn[nH]n3)cc2)n1. The number of esters is 1. The van der Waals surface area contributed by atoms with Gasteiger partial charge in [0.25, 0.3) is 0 Å². The molecule has 0 radical (unpaired) electrons. The van der Waals surface area contributed by atoms with E-state index in [1.165, 1.54) is 0 Å². The maximum atomic E-state index is 12.6. The van der Waals surface area contributed by atoms with E-state index in [2.05, 4.69) is 32.5 Å². The molecule has 2 heterocycles. The molecule has 9 nitrogen and oxygen atoms in total. The molecule has 0 fully saturated rings. The number of nitrogens with one attached hydrogen (secondary N) is 1. The number of ether oxygens (including phenoxy) is 1. The van der Waals surface area contributed by atoms with Crippen molar-refractivity contribution in [1.82, 2.24) is 30.6 Å². The summed E-state index contributed by atoms with van der Waals surface area (Å²) in [6.45, 7) is 4.19. The second-order valence-corrected chi connectivity index (χ2v) is 7.73. The number of hydrogen-bond donors (Lipinski definition) is 1. The summed E-state index contributed by atoms with van der Waals surface area (Å²) in [5, 5.41) is 14.4. The molecular formula is C25H27N7O2. The fourth-order valence-electron chi connectivity index (χ4n) is 3.66. The number of tetrazole rings is 1. The summed E-state index contributed by atoms with van der Waals surface area (Å²) < 4.78 is 5.24. The van der Waals surface area contributed by atoms with Crippen molar-refractivity contribution in [2.75, 3.05) is 18.6 Å². The van der Waals surface area contributed by atoms with Gasteiger partial charge in [0.05, 0.1) is 6.61 Å². The molecule has 2 aromatic carbocycles. The van der Waals surface area contributed by atoms with Gasteiger partial charge in [0.1, 0.15) is 11.4 Å². The third-order valence-corrected chi connectivity index (χ3v) is 5.46. The lowest BCUT2D eigenvalue weighted by atomic mass is 9.99. The molecule has 4 rings (SSSR count). The molecule has 1 N–H and O–H groups in total. The molecule has 0 spiro atoms. The van der Waals surface area contributed by atoms with Crippen molar-refractivity contribution in [1.29, 1.82) is 0 Å². The van der Waals surface area contributed by atoms with Crippen LogP contribution in [-0.4, -0.2) is 50.2 Å². The smallest absolute Gasteiger partial charge is 0.343 e. The van der Waals surface area contributed by atoms with Gasteiger partial charge in [0.2, 0.25) is 5.82 Å². The summed E-state index contributed by atoms with van der Waals surface area (Å²) in [6, 6.07) is 15.9. The van der Waals surface area contributed by atoms with E-state index in [0.29, 0.717) is 23.0 Å². The van der Waals surface area contributed by atoms with Crippen molar-refractivity contribution in [2.45, 2.75) is 33.1 Å². The molecule has 0 saturated heterocycles. The number of aromatic nitrogens is 6. The van der Waals surface area contributed by atoms with E-state index < -0.39 is 5.97 Å². The summed E-state index contributed by atoms with van der Waals surface area (Å²) in [5.41, 5.74) is 4.12. The zero-order valence-electron chi connectivity index (χ0n) is 19.5. The highest BCUT2D eigenvalue weighted by Gasteiger charge is 2.20. The van der Waals surface area contributed by atoms with Gasteiger partial charge in [-0.1, -0.05) is 49.7 Å². The lowest BCUT2D eigenvalue weighted by Gasteiger charge is -2.21. The number of benzene rings is 2. The van der Waals surface area contributed by atoms with E-state index in [-0.39, 0.29) is 6.61 Å². The summed E-state index contributed by atoms with van der Waals surface area (Å²) >= 11 is 0. The molecule has 0 bridgehead atoms. The zero-order chi connectivity index (χ0) is 23.9. The van der Waals surface area contributed by atoms with Crippen LogP contribution < -0.4 is 4.90 Å². The van der Waals surface area contributed by atoms with Crippen LogP contribution in [0.5, 0.6) is 0 Å². The molecule has 0 unspecified atom stereocenters. The Morgan fingerprint density at radius 3 is 2.50 bits per heavy atom. The second kappa shape index (κ2) is 10.7. The van der Waals surface area contributed by atoms with Crippen LogP contribution in [0.2, 0.25) is 0 Å². The number of carbonyl (C=O) groups excluding carboxylic acids is 1. The second-order valence-electron chi connectivity index (χ2n) is 7.73. The van der Waals surface area contributed by atoms with Gasteiger partial charge in [-0.25, -0.2) is 14.8 Å². The van der Waals surface area contributed by atoms with Crippen LogP contribution in [0.15, 0.2) is 54.7 Å². The minimum Gasteiger partial charge on any atom is -0.462 e. The third-order valence-electron chi connectivity index (χ3n) is 5.46. The Balaban J connectivity index is 1.67. The topological polar surface area (TPSA) is 110 Å². The van der Waals surface area contributed by atoms with E-state index in [1.807, 2.05) is 60.5 Å². The van der Waals surface area contributed by atoms with Crippen molar-refractivity contribution >= 4 is 17.5 Å². The predicted molar refractivity (Wildman–Crippen MR) is 130 cm³/mol. The van der Waals surface area contributed by atoms with Crippen molar-refractivity contribution < 1.29 is 9.53 Å². The van der Waals surface area contributed by atoms with Crippen molar-refractivity contribution in [3.8, 4) is 22.5 Å². The van der Waals surface area contributed by atoms with E-state index >= 15 is 0 Å². The Hall–Kier alpha value is -4.14. The molecule has 0 saturated carbocycles. The van der Waals surface area contributed by atoms with Gasteiger partial charge in [-0.15, -0.1) is 10.2 Å². The Morgan fingerprint density at radius 1 is 1.06 bits per heavy atom. The van der Waals surface area contributed by atoms with E-state index in [4.69, 9.17) is 9.72 Å². The van der Waals surface area contributed by atoms with Gasteiger partial charge < -0.3 is 9.64 Å². The number of hydrogen-bond acceptors (Lipinski definition) is 8. The lowest BCUT2D eigenvalue weighted by molar-refractivity contribution is 0.0526. The summed E-state index contributed by atoms with van der Waals surface area (Å²) in [5.74, 6) is 1.34. The molecule has 174 valence electrons. The molecule has 0 aliphatic heterocycles. The van der Waals surface area contributed by atoms with Gasteiger partial charge in [-0.2, -0.15) is 5.21 Å². The van der Waals surface area contributed by atoms with Crippen LogP contribution in [0.1, 0.15) is 42.9 Å². The molecule has 4 aromatic rings. The Labute approximate surface area is 198 Å². The van der Waals surface area contributed by atoms with Crippen molar-refractivity contribution in [3.63, 3.8) is 0 Å². The lowest BCUT2D eigenvalue weighted by Crippen LogP contribution is -2.19. The van der Waals surface area contributed by atoms with Crippen molar-refractivity contribution in [2.24, 2.45) is 0 Å². The Kier molecular flexibility index (Phi) is 7.22. The van der Waals surface area contributed by atoms with Gasteiger partial charge in [0.15, 0.2) is 5.82 Å².